The molecular formula is C27H19Cl2F4N3O. The number of benzene rings is 3. The number of nitrogens with zero attached hydrogens (tertiary/aromatic N) is 1. The van der Waals surface area contributed by atoms with Gasteiger partial charge in [0.15, 0.2) is 0 Å². The summed E-state index contributed by atoms with van der Waals surface area (Å²) < 4.78 is 55.2. The molecule has 0 radical (unpaired) electrons. The lowest BCUT2D eigenvalue weighted by Crippen LogP contribution is -2.50. The molecule has 0 aliphatic rings. The van der Waals surface area contributed by atoms with Gasteiger partial charge >= 0.3 is 12.2 Å². The number of carbonyl (C=O) groups excluding carboxylic acids is 1. The summed E-state index contributed by atoms with van der Waals surface area (Å²) in [4.78, 5) is 17.6. The third-order valence-corrected chi connectivity index (χ3v) is 6.20. The van der Waals surface area contributed by atoms with E-state index in [-0.39, 0.29) is 23.4 Å². The van der Waals surface area contributed by atoms with Gasteiger partial charge in [-0.3, -0.25) is 4.98 Å². The SMILES string of the molecule is O=C(Nc1cccc(F)c1)NC(Cc1ccccc1)(c1ccc(Cl)c(C(F)(F)F)c1)c1ccc(Cl)cn1. The maximum atomic E-state index is 13.8. The van der Waals surface area contributed by atoms with Crippen LogP contribution in [0.25, 0.3) is 0 Å². The molecule has 0 saturated carbocycles. The molecule has 1 heterocycles. The minimum absolute atomic E-state index is 0.0258. The number of nitrogens with one attached hydrogen (secondary N) is 2. The molecule has 4 nitrogen and oxygen atoms in total. The lowest BCUT2D eigenvalue weighted by atomic mass is 9.80. The van der Waals surface area contributed by atoms with E-state index in [1.54, 1.807) is 30.3 Å². The molecule has 3 aromatic carbocycles. The molecule has 1 unspecified atom stereocenters. The fourth-order valence-corrected chi connectivity index (χ4v) is 4.32. The van der Waals surface area contributed by atoms with Crippen molar-refractivity contribution in [2.45, 2.75) is 18.1 Å². The van der Waals surface area contributed by atoms with Gasteiger partial charge in [0.1, 0.15) is 11.4 Å². The molecular weight excluding hydrogens is 529 g/mol. The van der Waals surface area contributed by atoms with E-state index in [1.165, 1.54) is 42.6 Å². The molecule has 0 fully saturated rings. The number of halogens is 6. The van der Waals surface area contributed by atoms with Crippen LogP contribution < -0.4 is 10.6 Å². The van der Waals surface area contributed by atoms with Gasteiger partial charge in [-0.15, -0.1) is 0 Å². The summed E-state index contributed by atoms with van der Waals surface area (Å²) in [5, 5.41) is 5.16. The van der Waals surface area contributed by atoms with Gasteiger partial charge in [-0.05, 0) is 53.6 Å². The highest BCUT2D eigenvalue weighted by atomic mass is 35.5. The van der Waals surface area contributed by atoms with Crippen LogP contribution in [0.1, 0.15) is 22.4 Å². The summed E-state index contributed by atoms with van der Waals surface area (Å²) in [6.07, 6.45) is -3.38. The van der Waals surface area contributed by atoms with Crippen molar-refractivity contribution < 1.29 is 22.4 Å². The molecule has 2 amide bonds. The summed E-state index contributed by atoms with van der Waals surface area (Å²) in [6.45, 7) is 0. The number of carbonyl (C=O) groups is 1. The minimum atomic E-state index is -4.75. The van der Waals surface area contributed by atoms with Crippen molar-refractivity contribution in [1.29, 1.82) is 0 Å². The Morgan fingerprint density at radius 3 is 2.30 bits per heavy atom. The van der Waals surface area contributed by atoms with Crippen molar-refractivity contribution in [3.63, 3.8) is 0 Å². The Hall–Kier alpha value is -3.62. The summed E-state index contributed by atoms with van der Waals surface area (Å²) in [7, 11) is 0. The van der Waals surface area contributed by atoms with Gasteiger partial charge in [0, 0.05) is 18.3 Å². The zero-order valence-corrected chi connectivity index (χ0v) is 20.5. The first kappa shape index (κ1) is 26.4. The monoisotopic (exact) mass is 547 g/mol. The highest BCUT2D eigenvalue weighted by molar-refractivity contribution is 6.31. The van der Waals surface area contributed by atoms with Crippen LogP contribution >= 0.6 is 23.2 Å². The predicted octanol–water partition coefficient (Wildman–Crippen LogP) is 7.85. The van der Waals surface area contributed by atoms with Gasteiger partial charge in [-0.2, -0.15) is 13.2 Å². The van der Waals surface area contributed by atoms with E-state index in [0.29, 0.717) is 10.6 Å². The van der Waals surface area contributed by atoms with Gasteiger partial charge in [-0.25, -0.2) is 9.18 Å². The summed E-state index contributed by atoms with van der Waals surface area (Å²) in [5.41, 5.74) is -1.50. The van der Waals surface area contributed by atoms with Gasteiger partial charge in [0.2, 0.25) is 0 Å². The minimum Gasteiger partial charge on any atom is -0.322 e. The van der Waals surface area contributed by atoms with Crippen molar-refractivity contribution in [2.75, 3.05) is 5.32 Å². The third kappa shape index (κ3) is 6.21. The van der Waals surface area contributed by atoms with Crippen molar-refractivity contribution >= 4 is 34.9 Å². The Kier molecular flexibility index (Phi) is 7.71. The summed E-state index contributed by atoms with van der Waals surface area (Å²) in [5.74, 6) is -0.569. The van der Waals surface area contributed by atoms with Crippen LogP contribution in [-0.4, -0.2) is 11.0 Å². The van der Waals surface area contributed by atoms with Gasteiger partial charge in [0.25, 0.3) is 0 Å². The quantitative estimate of drug-likeness (QED) is 0.241. The number of hydrogen-bond donors (Lipinski definition) is 2. The number of amides is 2. The molecule has 0 spiro atoms. The Morgan fingerprint density at radius 2 is 1.65 bits per heavy atom. The fourth-order valence-electron chi connectivity index (χ4n) is 3.98. The predicted molar refractivity (Wildman–Crippen MR) is 135 cm³/mol. The molecule has 1 atom stereocenters. The molecule has 4 aromatic rings. The molecule has 1 aromatic heterocycles. The van der Waals surface area contributed by atoms with Gasteiger partial charge in [0.05, 0.1) is 21.3 Å². The van der Waals surface area contributed by atoms with E-state index in [9.17, 15) is 22.4 Å². The molecule has 0 bridgehead atoms. The van der Waals surface area contributed by atoms with E-state index in [1.807, 2.05) is 0 Å². The zero-order chi connectivity index (χ0) is 26.6. The maximum Gasteiger partial charge on any atom is 0.417 e. The molecule has 0 saturated heterocycles. The number of rotatable bonds is 6. The van der Waals surface area contributed by atoms with Gasteiger partial charge in [-0.1, -0.05) is 65.7 Å². The second kappa shape index (κ2) is 10.8. The van der Waals surface area contributed by atoms with Crippen molar-refractivity contribution in [3.8, 4) is 0 Å². The zero-order valence-electron chi connectivity index (χ0n) is 19.0. The Labute approximate surface area is 220 Å². The lowest BCUT2D eigenvalue weighted by Gasteiger charge is -2.36. The van der Waals surface area contributed by atoms with E-state index >= 15 is 0 Å². The average molecular weight is 548 g/mol. The summed E-state index contributed by atoms with van der Waals surface area (Å²) in [6, 6.07) is 19.8. The molecule has 0 aliphatic carbocycles. The fraction of sp³-hybridized carbons (Fsp3) is 0.111. The molecule has 2 N–H and O–H groups in total. The molecule has 37 heavy (non-hydrogen) atoms. The molecule has 10 heteroatoms. The molecule has 190 valence electrons. The number of anilines is 1. The molecule has 0 aliphatic heterocycles. The second-order valence-corrected chi connectivity index (χ2v) is 9.05. The van der Waals surface area contributed by atoms with Crippen molar-refractivity contribution in [3.05, 3.63) is 129 Å². The number of hydrogen-bond acceptors (Lipinski definition) is 2. The van der Waals surface area contributed by atoms with E-state index in [4.69, 9.17) is 23.2 Å². The van der Waals surface area contributed by atoms with Crippen LogP contribution in [0, 0.1) is 5.82 Å². The average Bonchev–Trinajstić information content (AvgIpc) is 2.84. The Balaban J connectivity index is 1.90. The largest absolute Gasteiger partial charge is 0.417 e. The number of aromatic nitrogens is 1. The lowest BCUT2D eigenvalue weighted by molar-refractivity contribution is -0.137. The number of urea groups is 1. The van der Waals surface area contributed by atoms with Crippen LogP contribution in [0.15, 0.2) is 91.1 Å². The van der Waals surface area contributed by atoms with Crippen molar-refractivity contribution in [2.24, 2.45) is 0 Å². The molecule has 4 rings (SSSR count). The number of pyridine rings is 1. The van der Waals surface area contributed by atoms with Gasteiger partial charge < -0.3 is 10.6 Å². The maximum absolute atomic E-state index is 13.8. The smallest absolute Gasteiger partial charge is 0.322 e. The normalized spacial score (nSPS) is 13.0. The van der Waals surface area contributed by atoms with E-state index in [2.05, 4.69) is 15.6 Å². The summed E-state index contributed by atoms with van der Waals surface area (Å²) >= 11 is 11.9. The highest BCUT2D eigenvalue weighted by Gasteiger charge is 2.41. The topological polar surface area (TPSA) is 54.0 Å². The van der Waals surface area contributed by atoms with Crippen molar-refractivity contribution in [1.82, 2.24) is 10.3 Å². The standard InChI is InChI=1S/C27H19Cl2F4N3O/c28-19-10-12-24(34-16-19)26(15-17-5-2-1-3-6-17,18-9-11-23(29)22(13-18)27(31,32)33)36-25(37)35-21-8-4-7-20(30)14-21/h1-14,16H,15H2,(H2,35,36,37). The Morgan fingerprint density at radius 1 is 0.892 bits per heavy atom. The second-order valence-electron chi connectivity index (χ2n) is 8.21. The first-order chi connectivity index (χ1) is 17.6. The van der Waals surface area contributed by atoms with Crippen LogP contribution in [0.5, 0.6) is 0 Å². The van der Waals surface area contributed by atoms with Crippen LogP contribution in [0.2, 0.25) is 10.0 Å². The Bertz CT molecular complexity index is 1400. The third-order valence-electron chi connectivity index (χ3n) is 5.65. The first-order valence-electron chi connectivity index (χ1n) is 10.9. The van der Waals surface area contributed by atoms with Crippen LogP contribution in [0.4, 0.5) is 28.0 Å². The first-order valence-corrected chi connectivity index (χ1v) is 11.7. The highest BCUT2D eigenvalue weighted by Crippen LogP contribution is 2.40. The van der Waals surface area contributed by atoms with E-state index in [0.717, 1.165) is 18.2 Å². The van der Waals surface area contributed by atoms with Crippen LogP contribution in [-0.2, 0) is 18.1 Å². The van der Waals surface area contributed by atoms with E-state index < -0.39 is 34.1 Å². The van der Waals surface area contributed by atoms with Crippen LogP contribution in [0.3, 0.4) is 0 Å². The number of alkyl halides is 3.